The Labute approximate surface area is 80.8 Å². The summed E-state index contributed by atoms with van der Waals surface area (Å²) in [6.07, 6.45) is 4.99. The third kappa shape index (κ3) is 5.01. The summed E-state index contributed by atoms with van der Waals surface area (Å²) in [7, 11) is 0. The highest BCUT2D eigenvalue weighted by Crippen LogP contribution is 2.12. The lowest BCUT2D eigenvalue weighted by Crippen LogP contribution is -1.88. The number of nitrogens with zero attached hydrogens (tertiary/aromatic N) is 1. The molecule has 0 radical (unpaired) electrons. The van der Waals surface area contributed by atoms with Crippen molar-refractivity contribution < 1.29 is 5.21 Å². The molecule has 0 aromatic carbocycles. The molecule has 0 aromatic heterocycles. The number of hydrogen-bond donors (Lipinski definition) is 1. The zero-order chi connectivity index (χ0) is 8.69. The molecule has 0 saturated carbocycles. The molecule has 62 valence electrons. The molecule has 0 rings (SSSR count). The van der Waals surface area contributed by atoms with Gasteiger partial charge in [-0.2, -0.15) is 0 Å². The van der Waals surface area contributed by atoms with Gasteiger partial charge in [-0.3, -0.25) is 0 Å². The summed E-state index contributed by atoms with van der Waals surface area (Å²) >= 11 is 2.20. The second-order valence-corrected chi connectivity index (χ2v) is 3.01. The quantitative estimate of drug-likeness (QED) is 0.275. The lowest BCUT2D eigenvalue weighted by molar-refractivity contribution is 0.322. The molecule has 0 amide bonds. The average molecular weight is 265 g/mol. The predicted octanol–water partition coefficient (Wildman–Crippen LogP) is 2.98. The lowest BCUT2D eigenvalue weighted by atomic mass is 10.1. The van der Waals surface area contributed by atoms with E-state index >= 15 is 0 Å². The fourth-order valence-electron chi connectivity index (χ4n) is 0.547. The van der Waals surface area contributed by atoms with Gasteiger partial charge < -0.3 is 5.21 Å². The minimum atomic E-state index is 0.509. The molecule has 2 nitrogen and oxygen atoms in total. The molecule has 0 fully saturated rings. The fourth-order valence-corrected chi connectivity index (χ4v) is 1.47. The highest BCUT2D eigenvalue weighted by molar-refractivity contribution is 14.1. The van der Waals surface area contributed by atoms with E-state index in [4.69, 9.17) is 5.21 Å². The molecule has 0 spiro atoms. The maximum absolute atomic E-state index is 8.09. The Hall–Kier alpha value is -0.320. The summed E-state index contributed by atoms with van der Waals surface area (Å²) < 4.78 is 2.02. The van der Waals surface area contributed by atoms with E-state index in [0.29, 0.717) is 5.92 Å². The van der Waals surface area contributed by atoms with Crippen LogP contribution in [0.1, 0.15) is 13.8 Å². The third-order valence-corrected chi connectivity index (χ3v) is 1.95. The highest BCUT2D eigenvalue weighted by Gasteiger charge is 1.95. The summed E-state index contributed by atoms with van der Waals surface area (Å²) in [6.45, 7) is 4.23. The van der Waals surface area contributed by atoms with E-state index in [-0.39, 0.29) is 0 Å². The topological polar surface area (TPSA) is 32.6 Å². The molecule has 3 heteroatoms. The van der Waals surface area contributed by atoms with E-state index in [9.17, 15) is 0 Å². The fraction of sp³-hybridized carbons (Fsp3) is 0.375. The zero-order valence-corrected chi connectivity index (χ0v) is 8.82. The number of rotatable bonds is 3. The molecule has 0 unspecified atom stereocenters. The molecular weight excluding hydrogens is 253 g/mol. The van der Waals surface area contributed by atoms with Crippen LogP contribution in [0.5, 0.6) is 0 Å². The van der Waals surface area contributed by atoms with Gasteiger partial charge in [0.15, 0.2) is 0 Å². The second kappa shape index (κ2) is 6.39. The van der Waals surface area contributed by atoms with E-state index in [0.717, 1.165) is 0 Å². The molecule has 0 atom stereocenters. The minimum absolute atomic E-state index is 0.509. The largest absolute Gasteiger partial charge is 0.411 e. The molecular formula is C8H12INO. The van der Waals surface area contributed by atoms with Gasteiger partial charge in [-0.1, -0.05) is 47.7 Å². The van der Waals surface area contributed by atoms with Crippen LogP contribution in [0, 0.1) is 5.92 Å². The molecule has 0 heterocycles. The van der Waals surface area contributed by atoms with E-state index in [1.807, 2.05) is 10.2 Å². The van der Waals surface area contributed by atoms with Gasteiger partial charge in [-0.15, -0.1) is 0 Å². The molecule has 0 aliphatic carbocycles. The van der Waals surface area contributed by atoms with Crippen molar-refractivity contribution in [1.29, 1.82) is 0 Å². The summed E-state index contributed by atoms with van der Waals surface area (Å²) in [5.41, 5.74) is 1.23. The number of hydrogen-bond acceptors (Lipinski definition) is 2. The molecule has 11 heavy (non-hydrogen) atoms. The van der Waals surface area contributed by atoms with Gasteiger partial charge in [0.2, 0.25) is 0 Å². The molecule has 0 aromatic rings. The Morgan fingerprint density at radius 3 is 2.55 bits per heavy atom. The maximum Gasteiger partial charge on any atom is 0.0661 e. The number of allylic oxidation sites excluding steroid dienone is 3. The molecule has 0 bridgehead atoms. The Balaban J connectivity index is 4.10. The van der Waals surface area contributed by atoms with Crippen LogP contribution in [0.3, 0.4) is 0 Å². The smallest absolute Gasteiger partial charge is 0.0661 e. The number of halogens is 1. The SMILES string of the molecule is CC(C)C(/C=C\C=N\O)=C/I. The van der Waals surface area contributed by atoms with Gasteiger partial charge in [0.25, 0.3) is 0 Å². The molecule has 0 saturated heterocycles. The van der Waals surface area contributed by atoms with Crippen LogP contribution in [0.4, 0.5) is 0 Å². The minimum Gasteiger partial charge on any atom is -0.411 e. The van der Waals surface area contributed by atoms with Crippen LogP contribution >= 0.6 is 22.6 Å². The normalized spacial score (nSPS) is 14.0. The van der Waals surface area contributed by atoms with E-state index in [1.165, 1.54) is 11.8 Å². The summed E-state index contributed by atoms with van der Waals surface area (Å²) in [4.78, 5) is 0. The average Bonchev–Trinajstić information content (AvgIpc) is 1.97. The summed E-state index contributed by atoms with van der Waals surface area (Å²) in [5.74, 6) is 0.509. The van der Waals surface area contributed by atoms with Gasteiger partial charge in [-0.05, 0) is 21.6 Å². The second-order valence-electron chi connectivity index (χ2n) is 2.39. The first-order valence-electron chi connectivity index (χ1n) is 3.36. The monoisotopic (exact) mass is 265 g/mol. The Morgan fingerprint density at radius 1 is 1.55 bits per heavy atom. The Morgan fingerprint density at radius 2 is 2.18 bits per heavy atom. The summed E-state index contributed by atoms with van der Waals surface area (Å²) in [6, 6.07) is 0. The van der Waals surface area contributed by atoms with E-state index < -0.39 is 0 Å². The Bertz CT molecular complexity index is 183. The van der Waals surface area contributed by atoms with E-state index in [1.54, 1.807) is 6.08 Å². The van der Waals surface area contributed by atoms with Crippen LogP contribution in [0.2, 0.25) is 0 Å². The van der Waals surface area contributed by atoms with Gasteiger partial charge in [0.1, 0.15) is 0 Å². The first kappa shape index (κ1) is 10.7. The maximum atomic E-state index is 8.09. The van der Waals surface area contributed by atoms with Crippen molar-refractivity contribution in [3.05, 3.63) is 21.8 Å². The van der Waals surface area contributed by atoms with Crippen molar-refractivity contribution in [2.24, 2.45) is 11.1 Å². The lowest BCUT2D eigenvalue weighted by Gasteiger charge is -2.02. The zero-order valence-electron chi connectivity index (χ0n) is 6.66. The van der Waals surface area contributed by atoms with Gasteiger partial charge in [0, 0.05) is 0 Å². The van der Waals surface area contributed by atoms with Crippen LogP contribution < -0.4 is 0 Å². The van der Waals surface area contributed by atoms with Gasteiger partial charge >= 0.3 is 0 Å². The van der Waals surface area contributed by atoms with Crippen LogP contribution in [0.15, 0.2) is 27.0 Å². The van der Waals surface area contributed by atoms with Crippen molar-refractivity contribution in [2.75, 3.05) is 0 Å². The predicted molar refractivity (Wildman–Crippen MR) is 56.4 cm³/mol. The first-order valence-corrected chi connectivity index (χ1v) is 4.61. The van der Waals surface area contributed by atoms with Gasteiger partial charge in [0.05, 0.1) is 6.21 Å². The van der Waals surface area contributed by atoms with Crippen molar-refractivity contribution in [3.63, 3.8) is 0 Å². The highest BCUT2D eigenvalue weighted by atomic mass is 127. The van der Waals surface area contributed by atoms with Crippen LogP contribution in [-0.2, 0) is 0 Å². The summed E-state index contributed by atoms with van der Waals surface area (Å²) in [5, 5.41) is 10.9. The van der Waals surface area contributed by atoms with Crippen molar-refractivity contribution >= 4 is 28.8 Å². The molecule has 0 aliphatic rings. The Kier molecular flexibility index (Phi) is 6.21. The van der Waals surface area contributed by atoms with Crippen LogP contribution in [-0.4, -0.2) is 11.4 Å². The molecule has 0 aliphatic heterocycles. The van der Waals surface area contributed by atoms with Crippen molar-refractivity contribution in [1.82, 2.24) is 0 Å². The standard InChI is InChI=1S/C8H12INO/c1-7(2)8(6-9)4-3-5-10-11/h3-7,11H,1-2H3/b4-3-,8-6+,10-5+. The van der Waals surface area contributed by atoms with Crippen molar-refractivity contribution in [3.8, 4) is 0 Å². The number of oxime groups is 1. The van der Waals surface area contributed by atoms with Gasteiger partial charge in [-0.25, -0.2) is 0 Å². The van der Waals surface area contributed by atoms with Crippen molar-refractivity contribution in [2.45, 2.75) is 13.8 Å². The molecule has 1 N–H and O–H groups in total. The van der Waals surface area contributed by atoms with Crippen LogP contribution in [0.25, 0.3) is 0 Å². The third-order valence-electron chi connectivity index (χ3n) is 1.23. The first-order chi connectivity index (χ1) is 5.22. The van der Waals surface area contributed by atoms with E-state index in [2.05, 4.69) is 41.6 Å².